The Hall–Kier alpha value is -2.03. The second-order valence-electron chi connectivity index (χ2n) is 8.04. The van der Waals surface area contributed by atoms with Gasteiger partial charge in [-0.3, -0.25) is 0 Å². The van der Waals surface area contributed by atoms with Crippen molar-refractivity contribution in [3.8, 4) is 0 Å². The van der Waals surface area contributed by atoms with Crippen LogP contribution in [0.5, 0.6) is 0 Å². The monoisotopic (exact) mass is 355 g/mol. The molecule has 2 aromatic carbocycles. The number of amides is 1. The summed E-state index contributed by atoms with van der Waals surface area (Å²) in [5, 5.41) is 5.47. The summed E-state index contributed by atoms with van der Waals surface area (Å²) in [5.74, 6) is 0.309. The summed E-state index contributed by atoms with van der Waals surface area (Å²) in [6.07, 6.45) is 5.67. The molecule has 1 unspecified atom stereocenters. The molecule has 1 atom stereocenters. The summed E-state index contributed by atoms with van der Waals surface area (Å²) in [4.78, 5) is 12.0. The number of fused-ring (bicyclic) bond motifs is 1. The van der Waals surface area contributed by atoms with Crippen LogP contribution in [0.2, 0.25) is 0 Å². The van der Waals surface area contributed by atoms with E-state index in [1.165, 1.54) is 42.0 Å². The number of carbonyl (C=O) groups excluding carboxylic acids is 1. The maximum absolute atomic E-state index is 12.0. The van der Waals surface area contributed by atoms with Gasteiger partial charge in [0.2, 0.25) is 0 Å². The molecular weight excluding hydrogens is 322 g/mol. The smallest absolute Gasteiger partial charge is 0.407 e. The largest absolute Gasteiger partial charge is 0.444 e. The predicted molar refractivity (Wildman–Crippen MR) is 110 cm³/mol. The van der Waals surface area contributed by atoms with E-state index in [4.69, 9.17) is 4.74 Å². The highest BCUT2D eigenvalue weighted by Gasteiger charge is 2.18. The molecule has 0 bridgehead atoms. The number of rotatable bonds is 8. The summed E-state index contributed by atoms with van der Waals surface area (Å²) in [7, 11) is 0. The zero-order valence-corrected chi connectivity index (χ0v) is 16.7. The summed E-state index contributed by atoms with van der Waals surface area (Å²) >= 11 is 0. The summed E-state index contributed by atoms with van der Waals surface area (Å²) < 4.78 is 5.39. The molecule has 1 amide bonds. The first-order valence-electron chi connectivity index (χ1n) is 9.84. The van der Waals surface area contributed by atoms with Crippen LogP contribution in [-0.2, 0) is 4.74 Å². The summed E-state index contributed by atoms with van der Waals surface area (Å²) in [5.41, 5.74) is 0.820. The van der Waals surface area contributed by atoms with Crippen LogP contribution in [-0.4, -0.2) is 18.2 Å². The molecule has 142 valence electrons. The van der Waals surface area contributed by atoms with E-state index in [2.05, 4.69) is 54.7 Å². The van der Waals surface area contributed by atoms with Gasteiger partial charge in [0.25, 0.3) is 0 Å². The molecule has 26 heavy (non-hydrogen) atoms. The van der Waals surface area contributed by atoms with Crippen molar-refractivity contribution in [3.63, 3.8) is 0 Å². The van der Waals surface area contributed by atoms with Gasteiger partial charge in [-0.15, -0.1) is 0 Å². The van der Waals surface area contributed by atoms with Crippen molar-refractivity contribution in [1.29, 1.82) is 0 Å². The number of carbonyl (C=O) groups is 1. The molecule has 0 heterocycles. The number of unbranched alkanes of at least 4 members (excludes halogenated alkanes) is 3. The third kappa shape index (κ3) is 6.70. The van der Waals surface area contributed by atoms with Crippen LogP contribution in [0, 0.1) is 0 Å². The van der Waals surface area contributed by atoms with E-state index in [1.54, 1.807) is 0 Å². The van der Waals surface area contributed by atoms with Crippen molar-refractivity contribution < 1.29 is 9.53 Å². The second-order valence-corrected chi connectivity index (χ2v) is 8.04. The van der Waals surface area contributed by atoms with E-state index in [0.29, 0.717) is 12.5 Å². The molecule has 2 aromatic rings. The zero-order chi connectivity index (χ0) is 19.0. The minimum absolute atomic E-state index is 0.309. The molecule has 0 aliphatic heterocycles. The van der Waals surface area contributed by atoms with Gasteiger partial charge in [-0.2, -0.15) is 0 Å². The van der Waals surface area contributed by atoms with Crippen molar-refractivity contribution >= 4 is 16.9 Å². The van der Waals surface area contributed by atoms with Gasteiger partial charge < -0.3 is 10.1 Å². The van der Waals surface area contributed by atoms with E-state index in [-0.39, 0.29) is 6.09 Å². The van der Waals surface area contributed by atoms with Gasteiger partial charge in [-0.05, 0) is 43.5 Å². The van der Waals surface area contributed by atoms with Crippen LogP contribution in [0.25, 0.3) is 10.8 Å². The van der Waals surface area contributed by atoms with Crippen LogP contribution in [0.15, 0.2) is 42.5 Å². The lowest BCUT2D eigenvalue weighted by molar-refractivity contribution is 0.0524. The van der Waals surface area contributed by atoms with Crippen molar-refractivity contribution in [2.24, 2.45) is 0 Å². The summed E-state index contributed by atoms with van der Waals surface area (Å²) in [6, 6.07) is 15.1. The van der Waals surface area contributed by atoms with Gasteiger partial charge >= 0.3 is 6.09 Å². The standard InChI is InChI=1S/C23H33NO2/c1-5-6-7-8-13-21(17-24-22(25)26-23(2,3)4)20-15-14-18-11-9-10-12-19(18)16-20/h9-12,14-16,21H,5-8,13,17H2,1-4H3,(H,24,25). The highest BCUT2D eigenvalue weighted by Crippen LogP contribution is 2.26. The number of hydrogen-bond acceptors (Lipinski definition) is 2. The first-order chi connectivity index (χ1) is 12.4. The molecule has 3 nitrogen and oxygen atoms in total. The molecule has 0 spiro atoms. The van der Waals surface area contributed by atoms with Gasteiger partial charge in [0.15, 0.2) is 0 Å². The Kier molecular flexibility index (Phi) is 7.50. The molecule has 0 saturated carbocycles. The van der Waals surface area contributed by atoms with Crippen LogP contribution in [0.1, 0.15) is 71.3 Å². The highest BCUT2D eigenvalue weighted by atomic mass is 16.6. The maximum Gasteiger partial charge on any atom is 0.407 e. The fraction of sp³-hybridized carbons (Fsp3) is 0.522. The molecule has 0 aliphatic carbocycles. The zero-order valence-electron chi connectivity index (χ0n) is 16.7. The number of nitrogens with one attached hydrogen (secondary N) is 1. The Morgan fingerprint density at radius 3 is 2.46 bits per heavy atom. The summed E-state index contributed by atoms with van der Waals surface area (Å²) in [6.45, 7) is 8.50. The predicted octanol–water partition coefficient (Wildman–Crippen LogP) is 6.42. The average molecular weight is 356 g/mol. The van der Waals surface area contributed by atoms with Gasteiger partial charge in [-0.25, -0.2) is 4.79 Å². The molecule has 3 heteroatoms. The van der Waals surface area contributed by atoms with Gasteiger partial charge in [0.05, 0.1) is 0 Å². The fourth-order valence-electron chi connectivity index (χ4n) is 3.19. The average Bonchev–Trinajstić information content (AvgIpc) is 2.59. The first-order valence-corrected chi connectivity index (χ1v) is 9.84. The van der Waals surface area contributed by atoms with E-state index in [0.717, 1.165) is 6.42 Å². The van der Waals surface area contributed by atoms with E-state index in [1.807, 2.05) is 20.8 Å². The Labute approximate surface area is 158 Å². The maximum atomic E-state index is 12.0. The Morgan fingerprint density at radius 1 is 1.04 bits per heavy atom. The van der Waals surface area contributed by atoms with Gasteiger partial charge in [0, 0.05) is 12.5 Å². The molecule has 0 fully saturated rings. The number of alkyl carbamates (subject to hydrolysis) is 1. The van der Waals surface area contributed by atoms with Crippen LogP contribution < -0.4 is 5.32 Å². The molecule has 0 saturated heterocycles. The minimum atomic E-state index is -0.469. The van der Waals surface area contributed by atoms with Crippen LogP contribution in [0.3, 0.4) is 0 Å². The Balaban J connectivity index is 2.07. The quantitative estimate of drug-likeness (QED) is 0.555. The lowest BCUT2D eigenvalue weighted by Crippen LogP contribution is -2.34. The number of benzene rings is 2. The van der Waals surface area contributed by atoms with Crippen molar-refractivity contribution in [2.75, 3.05) is 6.54 Å². The third-order valence-electron chi connectivity index (χ3n) is 4.54. The van der Waals surface area contributed by atoms with E-state index < -0.39 is 5.60 Å². The normalized spacial score (nSPS) is 12.8. The highest BCUT2D eigenvalue weighted by molar-refractivity contribution is 5.83. The number of ether oxygens (including phenoxy) is 1. The van der Waals surface area contributed by atoms with Crippen molar-refractivity contribution in [2.45, 2.75) is 71.3 Å². The minimum Gasteiger partial charge on any atom is -0.444 e. The third-order valence-corrected chi connectivity index (χ3v) is 4.54. The van der Waals surface area contributed by atoms with E-state index in [9.17, 15) is 4.79 Å². The SMILES string of the molecule is CCCCCCC(CNC(=O)OC(C)(C)C)c1ccc2ccccc2c1. The molecule has 1 N–H and O–H groups in total. The van der Waals surface area contributed by atoms with Crippen molar-refractivity contribution in [1.82, 2.24) is 5.32 Å². The van der Waals surface area contributed by atoms with Gasteiger partial charge in [-0.1, -0.05) is 75.1 Å². The molecule has 0 aliphatic rings. The Morgan fingerprint density at radius 2 is 1.77 bits per heavy atom. The first kappa shape index (κ1) is 20.3. The van der Waals surface area contributed by atoms with Crippen LogP contribution in [0.4, 0.5) is 4.79 Å². The van der Waals surface area contributed by atoms with Crippen molar-refractivity contribution in [3.05, 3.63) is 48.0 Å². The molecular formula is C23H33NO2. The molecule has 0 aromatic heterocycles. The fourth-order valence-corrected chi connectivity index (χ4v) is 3.19. The lowest BCUT2D eigenvalue weighted by atomic mass is 9.91. The van der Waals surface area contributed by atoms with E-state index >= 15 is 0 Å². The number of hydrogen-bond donors (Lipinski definition) is 1. The second kappa shape index (κ2) is 9.61. The topological polar surface area (TPSA) is 38.3 Å². The molecule has 0 radical (unpaired) electrons. The van der Waals surface area contributed by atoms with Gasteiger partial charge in [0.1, 0.15) is 5.60 Å². The Bertz CT molecular complexity index is 703. The lowest BCUT2D eigenvalue weighted by Gasteiger charge is -2.22. The molecule has 2 rings (SSSR count). The van der Waals surface area contributed by atoms with Crippen LogP contribution >= 0.6 is 0 Å².